The van der Waals surface area contributed by atoms with Crippen LogP contribution in [0.25, 0.3) is 0 Å². The quantitative estimate of drug-likeness (QED) is 0.804. The second-order valence-electron chi connectivity index (χ2n) is 4.20. The number of carbonyl (C=O) groups excluding carboxylic acids is 2. The third kappa shape index (κ3) is 4.44. The van der Waals surface area contributed by atoms with E-state index >= 15 is 0 Å². The number of amides is 1. The fraction of sp³-hybridized carbons (Fsp3) is 0.583. The van der Waals surface area contributed by atoms with Crippen LogP contribution in [0.2, 0.25) is 0 Å². The Balaban J connectivity index is 2.51. The van der Waals surface area contributed by atoms with E-state index in [1.165, 1.54) is 0 Å². The molecule has 1 aromatic rings. The number of hydrogen-bond acceptors (Lipinski definition) is 5. The zero-order valence-corrected chi connectivity index (χ0v) is 11.7. The summed E-state index contributed by atoms with van der Waals surface area (Å²) in [5, 5.41) is 4.55. The first-order chi connectivity index (χ1) is 8.54. The summed E-state index contributed by atoms with van der Waals surface area (Å²) in [7, 11) is 0. The van der Waals surface area contributed by atoms with Crippen molar-refractivity contribution in [3.05, 3.63) is 16.1 Å². The number of nitrogens with zero attached hydrogens (tertiary/aromatic N) is 1. The Morgan fingerprint density at radius 3 is 2.83 bits per heavy atom. The van der Waals surface area contributed by atoms with Gasteiger partial charge in [0.15, 0.2) is 0 Å². The minimum Gasteiger partial charge on any atom is -0.461 e. The lowest BCUT2D eigenvalue weighted by Crippen LogP contribution is -2.25. The molecule has 18 heavy (non-hydrogen) atoms. The van der Waals surface area contributed by atoms with Crippen LogP contribution >= 0.6 is 11.3 Å². The SMILES string of the molecule is CCOC(=O)c1nc(C(=O)NCCC(C)C)cs1. The third-order valence-electron chi connectivity index (χ3n) is 2.19. The van der Waals surface area contributed by atoms with E-state index in [9.17, 15) is 9.59 Å². The maximum Gasteiger partial charge on any atom is 0.367 e. The van der Waals surface area contributed by atoms with E-state index < -0.39 is 5.97 Å². The van der Waals surface area contributed by atoms with Crippen LogP contribution < -0.4 is 5.32 Å². The van der Waals surface area contributed by atoms with Crippen LogP contribution in [0.1, 0.15) is 47.5 Å². The van der Waals surface area contributed by atoms with Gasteiger partial charge in [-0.25, -0.2) is 9.78 Å². The molecule has 0 fully saturated rings. The Morgan fingerprint density at radius 1 is 1.50 bits per heavy atom. The molecule has 1 rings (SSSR count). The van der Waals surface area contributed by atoms with Crippen molar-refractivity contribution in [2.75, 3.05) is 13.2 Å². The van der Waals surface area contributed by atoms with Gasteiger partial charge in [0.1, 0.15) is 5.69 Å². The molecule has 0 atom stereocenters. The number of ether oxygens (including phenoxy) is 1. The highest BCUT2D eigenvalue weighted by molar-refractivity contribution is 7.11. The summed E-state index contributed by atoms with van der Waals surface area (Å²) in [4.78, 5) is 27.0. The van der Waals surface area contributed by atoms with Crippen molar-refractivity contribution in [3.8, 4) is 0 Å². The van der Waals surface area contributed by atoms with E-state index in [-0.39, 0.29) is 16.6 Å². The minimum atomic E-state index is -0.483. The zero-order valence-electron chi connectivity index (χ0n) is 10.9. The van der Waals surface area contributed by atoms with E-state index in [0.717, 1.165) is 17.8 Å². The van der Waals surface area contributed by atoms with Crippen molar-refractivity contribution in [3.63, 3.8) is 0 Å². The van der Waals surface area contributed by atoms with Gasteiger partial charge in [-0.2, -0.15) is 0 Å². The van der Waals surface area contributed by atoms with Crippen LogP contribution in [0.15, 0.2) is 5.38 Å². The second kappa shape index (κ2) is 7.10. The van der Waals surface area contributed by atoms with Gasteiger partial charge in [-0.15, -0.1) is 11.3 Å². The third-order valence-corrected chi connectivity index (χ3v) is 3.02. The molecule has 1 amide bonds. The molecule has 0 aliphatic carbocycles. The average Bonchev–Trinajstić information content (AvgIpc) is 2.78. The molecule has 0 aromatic carbocycles. The Kier molecular flexibility index (Phi) is 5.77. The molecule has 100 valence electrons. The second-order valence-corrected chi connectivity index (χ2v) is 5.05. The number of thiazole rings is 1. The summed E-state index contributed by atoms with van der Waals surface area (Å²) >= 11 is 1.12. The van der Waals surface area contributed by atoms with Gasteiger partial charge in [0.2, 0.25) is 5.01 Å². The van der Waals surface area contributed by atoms with Crippen molar-refractivity contribution in [2.24, 2.45) is 5.92 Å². The van der Waals surface area contributed by atoms with Crippen LogP contribution in [0.4, 0.5) is 0 Å². The predicted molar refractivity (Wildman–Crippen MR) is 69.9 cm³/mol. The van der Waals surface area contributed by atoms with Gasteiger partial charge in [0, 0.05) is 11.9 Å². The van der Waals surface area contributed by atoms with Crippen LogP contribution in [-0.2, 0) is 4.74 Å². The molecular formula is C12H18N2O3S. The highest BCUT2D eigenvalue weighted by Crippen LogP contribution is 2.11. The van der Waals surface area contributed by atoms with E-state index in [1.54, 1.807) is 12.3 Å². The molecule has 0 saturated carbocycles. The number of nitrogens with one attached hydrogen (secondary N) is 1. The molecule has 5 nitrogen and oxygen atoms in total. The lowest BCUT2D eigenvalue weighted by molar-refractivity contribution is 0.0526. The predicted octanol–water partition coefficient (Wildman–Crippen LogP) is 2.10. The fourth-order valence-electron chi connectivity index (χ4n) is 1.23. The fourth-order valence-corrected chi connectivity index (χ4v) is 1.92. The van der Waals surface area contributed by atoms with Crippen LogP contribution in [0, 0.1) is 5.92 Å². The number of carbonyl (C=O) groups is 2. The van der Waals surface area contributed by atoms with Crippen molar-refractivity contribution in [1.29, 1.82) is 0 Å². The molecule has 0 unspecified atom stereocenters. The molecule has 0 aliphatic rings. The standard InChI is InChI=1S/C12H18N2O3S/c1-4-17-12(16)11-14-9(7-18-11)10(15)13-6-5-8(2)3/h7-8H,4-6H2,1-3H3,(H,13,15). The molecule has 1 heterocycles. The summed E-state index contributed by atoms with van der Waals surface area (Å²) in [5.41, 5.74) is 0.270. The monoisotopic (exact) mass is 270 g/mol. The summed E-state index contributed by atoms with van der Waals surface area (Å²) in [6.45, 7) is 6.82. The Labute approximate surface area is 111 Å². The Morgan fingerprint density at radius 2 is 2.22 bits per heavy atom. The van der Waals surface area contributed by atoms with E-state index in [1.807, 2.05) is 0 Å². The summed E-state index contributed by atoms with van der Waals surface area (Å²) in [6, 6.07) is 0. The molecule has 0 radical (unpaired) electrons. The zero-order chi connectivity index (χ0) is 13.5. The molecule has 1 aromatic heterocycles. The first kappa shape index (κ1) is 14.6. The molecule has 0 bridgehead atoms. The molecule has 1 N–H and O–H groups in total. The highest BCUT2D eigenvalue weighted by atomic mass is 32.1. The van der Waals surface area contributed by atoms with Crippen LogP contribution in [-0.4, -0.2) is 30.0 Å². The first-order valence-electron chi connectivity index (χ1n) is 5.95. The van der Waals surface area contributed by atoms with E-state index in [0.29, 0.717) is 19.1 Å². The molecular weight excluding hydrogens is 252 g/mol. The summed E-state index contributed by atoms with van der Waals surface area (Å²) < 4.78 is 4.81. The van der Waals surface area contributed by atoms with Gasteiger partial charge in [0.25, 0.3) is 5.91 Å². The van der Waals surface area contributed by atoms with Gasteiger partial charge in [0.05, 0.1) is 6.61 Å². The van der Waals surface area contributed by atoms with Gasteiger partial charge in [-0.3, -0.25) is 4.79 Å². The van der Waals surface area contributed by atoms with E-state index in [4.69, 9.17) is 4.74 Å². The lowest BCUT2D eigenvalue weighted by Gasteiger charge is -2.05. The van der Waals surface area contributed by atoms with E-state index in [2.05, 4.69) is 24.1 Å². The average molecular weight is 270 g/mol. The highest BCUT2D eigenvalue weighted by Gasteiger charge is 2.15. The van der Waals surface area contributed by atoms with Crippen LogP contribution in [0.5, 0.6) is 0 Å². The smallest absolute Gasteiger partial charge is 0.367 e. The molecule has 0 aliphatic heterocycles. The largest absolute Gasteiger partial charge is 0.461 e. The molecule has 0 saturated heterocycles. The summed E-state index contributed by atoms with van der Waals surface area (Å²) in [6.07, 6.45) is 0.917. The first-order valence-corrected chi connectivity index (χ1v) is 6.83. The van der Waals surface area contributed by atoms with Gasteiger partial charge >= 0.3 is 5.97 Å². The van der Waals surface area contributed by atoms with Crippen molar-refractivity contribution in [2.45, 2.75) is 27.2 Å². The molecule has 0 spiro atoms. The number of rotatable bonds is 6. The number of aromatic nitrogens is 1. The maximum atomic E-state index is 11.7. The molecule has 6 heteroatoms. The van der Waals surface area contributed by atoms with Crippen molar-refractivity contribution < 1.29 is 14.3 Å². The van der Waals surface area contributed by atoms with Crippen LogP contribution in [0.3, 0.4) is 0 Å². The van der Waals surface area contributed by atoms with Gasteiger partial charge in [-0.05, 0) is 19.3 Å². The number of hydrogen-bond donors (Lipinski definition) is 1. The topological polar surface area (TPSA) is 68.3 Å². The summed E-state index contributed by atoms with van der Waals surface area (Å²) in [5.74, 6) is -0.193. The normalized spacial score (nSPS) is 10.4. The maximum absolute atomic E-state index is 11.7. The lowest BCUT2D eigenvalue weighted by atomic mass is 10.1. The van der Waals surface area contributed by atoms with Crippen molar-refractivity contribution in [1.82, 2.24) is 10.3 Å². The minimum absolute atomic E-state index is 0.214. The van der Waals surface area contributed by atoms with Crippen molar-refractivity contribution >= 4 is 23.2 Å². The number of esters is 1. The Hall–Kier alpha value is -1.43. The van der Waals surface area contributed by atoms with Gasteiger partial charge in [-0.1, -0.05) is 13.8 Å². The Bertz CT molecular complexity index is 415. The van der Waals surface area contributed by atoms with Gasteiger partial charge < -0.3 is 10.1 Å².